The maximum absolute atomic E-state index is 13.4. The van der Waals surface area contributed by atoms with Crippen LogP contribution in [0.3, 0.4) is 0 Å². The number of carbonyl (C=O) groups is 2. The van der Waals surface area contributed by atoms with E-state index in [0.717, 1.165) is 27.6 Å². The van der Waals surface area contributed by atoms with E-state index in [2.05, 4.69) is 11.2 Å². The van der Waals surface area contributed by atoms with E-state index in [0.29, 0.717) is 12.2 Å². The normalized spacial score (nSPS) is 15.6. The van der Waals surface area contributed by atoms with Gasteiger partial charge in [-0.15, -0.1) is 6.42 Å². The molecule has 148 valence electrons. The molecule has 2 heterocycles. The van der Waals surface area contributed by atoms with Crippen LogP contribution < -0.4 is 10.2 Å². The number of nitrogens with zero attached hydrogens (tertiary/aromatic N) is 2. The maximum atomic E-state index is 13.4. The number of aromatic nitrogens is 1. The monoisotopic (exact) mass is 413 g/mol. The van der Waals surface area contributed by atoms with Gasteiger partial charge in [0.1, 0.15) is 5.57 Å². The zero-order valence-electron chi connectivity index (χ0n) is 16.6. The van der Waals surface area contributed by atoms with Gasteiger partial charge < -0.3 is 4.57 Å². The molecule has 2 amide bonds. The first-order chi connectivity index (χ1) is 14.4. The van der Waals surface area contributed by atoms with Crippen molar-refractivity contribution in [3.63, 3.8) is 0 Å². The van der Waals surface area contributed by atoms with Crippen LogP contribution in [-0.2, 0) is 16.1 Å². The third-order valence-corrected chi connectivity index (χ3v) is 5.37. The number of aryl methyl sites for hydroxylation is 2. The number of fused-ring (bicyclic) bond motifs is 1. The van der Waals surface area contributed by atoms with Crippen molar-refractivity contribution < 1.29 is 9.59 Å². The summed E-state index contributed by atoms with van der Waals surface area (Å²) < 4.78 is 1.92. The minimum atomic E-state index is -0.514. The van der Waals surface area contributed by atoms with Gasteiger partial charge in [0.15, 0.2) is 5.11 Å². The molecule has 1 aliphatic heterocycles. The first-order valence-corrected chi connectivity index (χ1v) is 9.81. The van der Waals surface area contributed by atoms with Gasteiger partial charge in [-0.1, -0.05) is 36.3 Å². The van der Waals surface area contributed by atoms with Crippen molar-refractivity contribution in [2.45, 2.75) is 20.4 Å². The van der Waals surface area contributed by atoms with Crippen LogP contribution >= 0.6 is 12.2 Å². The largest absolute Gasteiger partial charge is 0.335 e. The Balaban J connectivity index is 1.84. The Morgan fingerprint density at radius 2 is 1.93 bits per heavy atom. The summed E-state index contributed by atoms with van der Waals surface area (Å²) >= 11 is 5.32. The average molecular weight is 414 g/mol. The van der Waals surface area contributed by atoms with Gasteiger partial charge in [0.25, 0.3) is 11.8 Å². The summed E-state index contributed by atoms with van der Waals surface area (Å²) in [5.74, 6) is 1.66. The van der Waals surface area contributed by atoms with Crippen LogP contribution in [0, 0.1) is 26.2 Å². The Kier molecular flexibility index (Phi) is 4.98. The predicted octanol–water partition coefficient (Wildman–Crippen LogP) is 3.72. The average Bonchev–Trinajstić information content (AvgIpc) is 3.05. The number of hydrogen-bond donors (Lipinski definition) is 1. The quantitative estimate of drug-likeness (QED) is 0.308. The zero-order chi connectivity index (χ0) is 21.4. The lowest BCUT2D eigenvalue weighted by Gasteiger charge is -2.30. The number of hydrogen-bond acceptors (Lipinski definition) is 3. The van der Waals surface area contributed by atoms with E-state index in [1.54, 1.807) is 6.08 Å². The van der Waals surface area contributed by atoms with Gasteiger partial charge in [-0.3, -0.25) is 19.8 Å². The highest BCUT2D eigenvalue weighted by molar-refractivity contribution is 7.80. The summed E-state index contributed by atoms with van der Waals surface area (Å²) in [4.78, 5) is 27.4. The summed E-state index contributed by atoms with van der Waals surface area (Å²) in [6.45, 7) is 4.23. The molecular formula is C24H19N3O2S. The van der Waals surface area contributed by atoms with E-state index >= 15 is 0 Å². The second-order valence-corrected chi connectivity index (χ2v) is 7.57. The Morgan fingerprint density at radius 3 is 2.70 bits per heavy atom. The van der Waals surface area contributed by atoms with Crippen molar-refractivity contribution in [3.8, 4) is 12.3 Å². The number of rotatable bonds is 3. The minimum absolute atomic E-state index is 0.0214. The van der Waals surface area contributed by atoms with E-state index in [1.807, 2.05) is 67.1 Å². The number of anilines is 1. The molecule has 4 rings (SSSR count). The number of benzene rings is 2. The summed E-state index contributed by atoms with van der Waals surface area (Å²) in [5, 5.41) is 3.63. The summed E-state index contributed by atoms with van der Waals surface area (Å²) in [6, 6.07) is 13.5. The summed E-state index contributed by atoms with van der Waals surface area (Å²) in [5.41, 5.74) is 4.24. The molecule has 0 aliphatic carbocycles. The molecule has 1 saturated heterocycles. The second kappa shape index (κ2) is 7.62. The lowest BCUT2D eigenvalue weighted by Crippen LogP contribution is -2.54. The fourth-order valence-electron chi connectivity index (χ4n) is 3.61. The Morgan fingerprint density at radius 1 is 1.17 bits per heavy atom. The molecule has 1 aliphatic rings. The van der Waals surface area contributed by atoms with Crippen molar-refractivity contribution in [1.29, 1.82) is 0 Å². The lowest BCUT2D eigenvalue weighted by atomic mass is 10.0. The molecule has 6 heteroatoms. The van der Waals surface area contributed by atoms with Crippen molar-refractivity contribution in [2.24, 2.45) is 0 Å². The Labute approximate surface area is 180 Å². The highest BCUT2D eigenvalue weighted by atomic mass is 32.1. The molecule has 1 aromatic heterocycles. The van der Waals surface area contributed by atoms with E-state index in [-0.39, 0.29) is 10.7 Å². The summed E-state index contributed by atoms with van der Waals surface area (Å²) in [6.07, 6.45) is 8.95. The van der Waals surface area contributed by atoms with Crippen molar-refractivity contribution >= 4 is 51.8 Å². The number of thiocarbonyl (C=S) groups is 1. The topological polar surface area (TPSA) is 54.3 Å². The third kappa shape index (κ3) is 3.30. The van der Waals surface area contributed by atoms with Gasteiger partial charge in [-0.25, -0.2) is 0 Å². The molecule has 0 unspecified atom stereocenters. The van der Waals surface area contributed by atoms with Crippen LogP contribution in [0.5, 0.6) is 0 Å². The van der Waals surface area contributed by atoms with Gasteiger partial charge in [-0.05, 0) is 55.4 Å². The Bertz CT molecular complexity index is 1290. The molecule has 5 nitrogen and oxygen atoms in total. The van der Waals surface area contributed by atoms with Gasteiger partial charge in [0.05, 0.1) is 12.2 Å². The maximum Gasteiger partial charge on any atom is 0.270 e. The second-order valence-electron chi connectivity index (χ2n) is 7.18. The van der Waals surface area contributed by atoms with Gasteiger partial charge >= 0.3 is 0 Å². The highest BCUT2D eigenvalue weighted by Crippen LogP contribution is 2.28. The number of terminal acetylenes is 1. The van der Waals surface area contributed by atoms with E-state index < -0.39 is 11.8 Å². The van der Waals surface area contributed by atoms with Crippen LogP contribution in [-0.4, -0.2) is 21.5 Å². The first-order valence-electron chi connectivity index (χ1n) is 9.40. The summed E-state index contributed by atoms with van der Waals surface area (Å²) in [7, 11) is 0. The van der Waals surface area contributed by atoms with Crippen molar-refractivity contribution in [2.75, 3.05) is 4.90 Å². The molecule has 2 aromatic carbocycles. The molecule has 0 radical (unpaired) electrons. The third-order valence-electron chi connectivity index (χ3n) is 5.09. The molecule has 1 fully saturated rings. The van der Waals surface area contributed by atoms with Crippen LogP contribution in [0.25, 0.3) is 17.0 Å². The molecule has 1 N–H and O–H groups in total. The SMILES string of the molecule is C#CCn1cc(/C=C2\C(=O)NC(=S)N(c3cc(C)ccc3C)C2=O)c2ccccc21. The van der Waals surface area contributed by atoms with Crippen LogP contribution in [0.15, 0.2) is 54.2 Å². The van der Waals surface area contributed by atoms with E-state index in [9.17, 15) is 9.59 Å². The number of para-hydroxylation sites is 1. The van der Waals surface area contributed by atoms with Crippen molar-refractivity contribution in [3.05, 3.63) is 70.9 Å². The predicted molar refractivity (Wildman–Crippen MR) is 123 cm³/mol. The molecule has 0 bridgehead atoms. The van der Waals surface area contributed by atoms with Crippen LogP contribution in [0.2, 0.25) is 0 Å². The van der Waals surface area contributed by atoms with Gasteiger partial charge in [0, 0.05) is 22.7 Å². The first kappa shape index (κ1) is 19.6. The highest BCUT2D eigenvalue weighted by Gasteiger charge is 2.35. The molecule has 0 saturated carbocycles. The van der Waals surface area contributed by atoms with E-state index in [1.165, 1.54) is 4.90 Å². The van der Waals surface area contributed by atoms with E-state index in [4.69, 9.17) is 18.6 Å². The molecule has 3 aromatic rings. The lowest BCUT2D eigenvalue weighted by molar-refractivity contribution is -0.122. The smallest absolute Gasteiger partial charge is 0.270 e. The molecule has 0 spiro atoms. The number of nitrogens with one attached hydrogen (secondary N) is 1. The molecule has 30 heavy (non-hydrogen) atoms. The minimum Gasteiger partial charge on any atom is -0.335 e. The van der Waals surface area contributed by atoms with Crippen molar-refractivity contribution in [1.82, 2.24) is 9.88 Å². The fourth-order valence-corrected chi connectivity index (χ4v) is 3.89. The zero-order valence-corrected chi connectivity index (χ0v) is 17.4. The fraction of sp³-hybridized carbons (Fsp3) is 0.125. The van der Waals surface area contributed by atoms with Gasteiger partial charge in [-0.2, -0.15) is 0 Å². The molecule has 0 atom stereocenters. The number of amides is 2. The standard InChI is InChI=1S/C24H19N3O2S/c1-4-11-26-14-17(18-7-5-6-8-20(18)26)13-19-22(28)25-24(30)27(23(19)29)21-12-15(2)9-10-16(21)3/h1,5-10,12-14H,11H2,2-3H3,(H,25,28,30)/b19-13+. The van der Waals surface area contributed by atoms with Crippen LogP contribution in [0.1, 0.15) is 16.7 Å². The molecular weight excluding hydrogens is 394 g/mol. The Hall–Kier alpha value is -3.69. The van der Waals surface area contributed by atoms with Gasteiger partial charge in [0.2, 0.25) is 0 Å². The number of carbonyl (C=O) groups excluding carboxylic acids is 2. The van der Waals surface area contributed by atoms with Crippen LogP contribution in [0.4, 0.5) is 5.69 Å².